The molecule has 0 aromatic heterocycles. The monoisotopic (exact) mass is 305 g/mol. The normalized spacial score (nSPS) is 10.8. The minimum absolute atomic E-state index is 0.0296. The number of nitro groups is 1. The molecule has 21 heavy (non-hydrogen) atoms. The van der Waals surface area contributed by atoms with E-state index in [1.54, 1.807) is 6.07 Å². The summed E-state index contributed by atoms with van der Waals surface area (Å²) in [4.78, 5) is 22.0. The van der Waals surface area contributed by atoms with E-state index in [2.05, 4.69) is 0 Å². The lowest BCUT2D eigenvalue weighted by molar-refractivity contribution is -0.384. The van der Waals surface area contributed by atoms with Gasteiger partial charge in [0.05, 0.1) is 4.92 Å². The smallest absolute Gasteiger partial charge is 0.288 e. The summed E-state index contributed by atoms with van der Waals surface area (Å²) in [5.41, 5.74) is 0.575. The highest BCUT2D eigenvalue weighted by Crippen LogP contribution is 2.25. The van der Waals surface area contributed by atoms with Crippen LogP contribution in [-0.2, 0) is 0 Å². The minimum Gasteiger partial charge on any atom is -0.289 e. The predicted octanol–water partition coefficient (Wildman–Crippen LogP) is 4.28. The van der Waals surface area contributed by atoms with Crippen LogP contribution in [0.5, 0.6) is 0 Å². The van der Waals surface area contributed by atoms with E-state index in [9.17, 15) is 19.3 Å². The molecule has 0 bridgehead atoms. The van der Waals surface area contributed by atoms with Crippen LogP contribution in [0.15, 0.2) is 48.5 Å². The highest BCUT2D eigenvalue weighted by atomic mass is 35.5. The first kappa shape index (κ1) is 14.9. The van der Waals surface area contributed by atoms with Crippen molar-refractivity contribution in [2.24, 2.45) is 0 Å². The third-order valence-electron chi connectivity index (χ3n) is 2.72. The Kier molecular flexibility index (Phi) is 4.45. The lowest BCUT2D eigenvalue weighted by Crippen LogP contribution is -1.94. The number of benzene rings is 2. The fraction of sp³-hybridized carbons (Fsp3) is 0. The summed E-state index contributed by atoms with van der Waals surface area (Å²) in [7, 11) is 0. The number of hydrogen-bond donors (Lipinski definition) is 0. The molecule has 0 saturated carbocycles. The van der Waals surface area contributed by atoms with Gasteiger partial charge in [0.25, 0.3) is 5.69 Å². The van der Waals surface area contributed by atoms with Crippen LogP contribution in [0.3, 0.4) is 0 Å². The van der Waals surface area contributed by atoms with Crippen molar-refractivity contribution in [1.82, 2.24) is 0 Å². The summed E-state index contributed by atoms with van der Waals surface area (Å²) in [6, 6.07) is 9.34. The van der Waals surface area contributed by atoms with E-state index in [-0.39, 0.29) is 16.5 Å². The number of allylic oxidation sites excluding steroid dienone is 1. The molecule has 0 amide bonds. The SMILES string of the molecule is O=C(C=Cc1ccc(Cl)c([N+](=O)[O-])c1)c1ccc(F)cc1. The molecule has 2 aromatic rings. The Balaban J connectivity index is 2.21. The molecule has 0 aliphatic rings. The van der Waals surface area contributed by atoms with Crippen molar-refractivity contribution in [3.8, 4) is 0 Å². The van der Waals surface area contributed by atoms with E-state index in [1.807, 2.05) is 0 Å². The second-order valence-corrected chi connectivity index (χ2v) is 4.58. The summed E-state index contributed by atoms with van der Waals surface area (Å²) in [5.74, 6) is -0.753. The summed E-state index contributed by atoms with van der Waals surface area (Å²) in [5, 5.41) is 10.8. The van der Waals surface area contributed by atoms with Gasteiger partial charge in [-0.15, -0.1) is 0 Å². The zero-order valence-corrected chi connectivity index (χ0v) is 11.4. The maximum absolute atomic E-state index is 12.8. The topological polar surface area (TPSA) is 60.2 Å². The van der Waals surface area contributed by atoms with E-state index in [1.165, 1.54) is 48.6 Å². The third kappa shape index (κ3) is 3.73. The summed E-state index contributed by atoms with van der Waals surface area (Å²) in [6.07, 6.45) is 2.70. The number of ketones is 1. The molecule has 4 nitrogen and oxygen atoms in total. The van der Waals surface area contributed by atoms with Crippen LogP contribution in [0.25, 0.3) is 6.08 Å². The van der Waals surface area contributed by atoms with Gasteiger partial charge < -0.3 is 0 Å². The molecule has 0 heterocycles. The maximum atomic E-state index is 12.8. The maximum Gasteiger partial charge on any atom is 0.288 e. The number of carbonyl (C=O) groups is 1. The van der Waals surface area contributed by atoms with Crippen molar-refractivity contribution in [3.05, 3.63) is 80.6 Å². The lowest BCUT2D eigenvalue weighted by Gasteiger charge is -1.98. The Morgan fingerprint density at radius 1 is 1.19 bits per heavy atom. The van der Waals surface area contributed by atoms with Gasteiger partial charge in [-0.25, -0.2) is 4.39 Å². The highest BCUT2D eigenvalue weighted by molar-refractivity contribution is 6.32. The van der Waals surface area contributed by atoms with Crippen LogP contribution in [0.2, 0.25) is 5.02 Å². The van der Waals surface area contributed by atoms with Crippen LogP contribution in [0.1, 0.15) is 15.9 Å². The highest BCUT2D eigenvalue weighted by Gasteiger charge is 2.11. The molecule has 2 aromatic carbocycles. The standard InChI is InChI=1S/C15H9ClFNO3/c16-13-7-1-10(9-14(13)18(20)21)2-8-15(19)11-3-5-12(17)6-4-11/h1-9H. The number of hydrogen-bond acceptors (Lipinski definition) is 3. The van der Waals surface area contributed by atoms with Gasteiger partial charge in [-0.05, 0) is 42.0 Å². The van der Waals surface area contributed by atoms with Gasteiger partial charge in [0.2, 0.25) is 0 Å². The Morgan fingerprint density at radius 2 is 1.86 bits per heavy atom. The van der Waals surface area contributed by atoms with Gasteiger partial charge in [0, 0.05) is 11.6 Å². The molecule has 0 unspecified atom stereocenters. The number of halogens is 2. The molecule has 0 fully saturated rings. The molecular weight excluding hydrogens is 297 g/mol. The average molecular weight is 306 g/mol. The van der Waals surface area contributed by atoms with Crippen LogP contribution in [-0.4, -0.2) is 10.7 Å². The molecule has 0 aliphatic heterocycles. The first-order chi connectivity index (χ1) is 9.97. The quantitative estimate of drug-likeness (QED) is 0.366. The molecule has 6 heteroatoms. The average Bonchev–Trinajstić information content (AvgIpc) is 2.46. The van der Waals surface area contributed by atoms with E-state index in [0.29, 0.717) is 11.1 Å². The predicted molar refractivity (Wildman–Crippen MR) is 77.9 cm³/mol. The van der Waals surface area contributed by atoms with Crippen LogP contribution >= 0.6 is 11.6 Å². The molecular formula is C15H9ClFNO3. The summed E-state index contributed by atoms with van der Waals surface area (Å²) in [6.45, 7) is 0. The van der Waals surface area contributed by atoms with E-state index < -0.39 is 10.7 Å². The van der Waals surface area contributed by atoms with Crippen LogP contribution in [0, 0.1) is 15.9 Å². The van der Waals surface area contributed by atoms with Crippen molar-refractivity contribution < 1.29 is 14.1 Å². The van der Waals surface area contributed by atoms with Gasteiger partial charge in [0.15, 0.2) is 5.78 Å². The van der Waals surface area contributed by atoms with Crippen LogP contribution < -0.4 is 0 Å². The molecule has 0 aliphatic carbocycles. The van der Waals surface area contributed by atoms with Crippen molar-refractivity contribution >= 4 is 29.1 Å². The Bertz CT molecular complexity index is 726. The van der Waals surface area contributed by atoms with Crippen molar-refractivity contribution in [3.63, 3.8) is 0 Å². The molecule has 0 saturated heterocycles. The fourth-order valence-electron chi connectivity index (χ4n) is 1.66. The van der Waals surface area contributed by atoms with E-state index >= 15 is 0 Å². The fourth-order valence-corrected chi connectivity index (χ4v) is 1.84. The summed E-state index contributed by atoms with van der Waals surface area (Å²) >= 11 is 5.70. The number of rotatable bonds is 4. The van der Waals surface area contributed by atoms with Gasteiger partial charge in [-0.1, -0.05) is 23.7 Å². The lowest BCUT2D eigenvalue weighted by atomic mass is 10.1. The molecule has 106 valence electrons. The first-order valence-electron chi connectivity index (χ1n) is 5.89. The molecule has 2 rings (SSSR count). The van der Waals surface area contributed by atoms with Gasteiger partial charge in [-0.3, -0.25) is 14.9 Å². The van der Waals surface area contributed by atoms with Gasteiger partial charge in [0.1, 0.15) is 10.8 Å². The molecule has 0 spiro atoms. The zero-order chi connectivity index (χ0) is 15.4. The molecule has 0 N–H and O–H groups in total. The number of carbonyl (C=O) groups excluding carboxylic acids is 1. The Hall–Kier alpha value is -2.53. The first-order valence-corrected chi connectivity index (χ1v) is 6.27. The summed E-state index contributed by atoms with van der Waals surface area (Å²) < 4.78 is 12.8. The van der Waals surface area contributed by atoms with E-state index in [4.69, 9.17) is 11.6 Å². The van der Waals surface area contributed by atoms with Gasteiger partial charge >= 0.3 is 0 Å². The second kappa shape index (κ2) is 6.28. The molecule has 0 radical (unpaired) electrons. The second-order valence-electron chi connectivity index (χ2n) is 4.17. The number of nitrogens with zero attached hydrogens (tertiary/aromatic N) is 1. The molecule has 0 atom stereocenters. The van der Waals surface area contributed by atoms with Crippen molar-refractivity contribution in [1.29, 1.82) is 0 Å². The van der Waals surface area contributed by atoms with Crippen molar-refractivity contribution in [2.45, 2.75) is 0 Å². The van der Waals surface area contributed by atoms with Gasteiger partial charge in [-0.2, -0.15) is 0 Å². The Morgan fingerprint density at radius 3 is 2.48 bits per heavy atom. The number of nitro benzene ring substituents is 1. The largest absolute Gasteiger partial charge is 0.289 e. The van der Waals surface area contributed by atoms with Crippen molar-refractivity contribution in [2.75, 3.05) is 0 Å². The Labute approximate surface area is 124 Å². The third-order valence-corrected chi connectivity index (χ3v) is 3.04. The zero-order valence-electron chi connectivity index (χ0n) is 10.6. The van der Waals surface area contributed by atoms with Crippen LogP contribution in [0.4, 0.5) is 10.1 Å². The minimum atomic E-state index is -0.596. The van der Waals surface area contributed by atoms with E-state index in [0.717, 1.165) is 0 Å².